The summed E-state index contributed by atoms with van der Waals surface area (Å²) in [5.41, 5.74) is 4.52. The van der Waals surface area contributed by atoms with Crippen molar-refractivity contribution in [1.82, 2.24) is 0 Å². The molecule has 0 spiro atoms. The summed E-state index contributed by atoms with van der Waals surface area (Å²) in [6.07, 6.45) is 1.27. The van der Waals surface area contributed by atoms with Crippen LogP contribution < -0.4 is 15.1 Å². The van der Waals surface area contributed by atoms with Crippen molar-refractivity contribution in [2.24, 2.45) is 4.99 Å². The van der Waals surface area contributed by atoms with Crippen LogP contribution >= 0.6 is 0 Å². The van der Waals surface area contributed by atoms with E-state index in [-0.39, 0.29) is 23.6 Å². The molecule has 0 fully saturated rings. The van der Waals surface area contributed by atoms with Gasteiger partial charge in [0.05, 0.1) is 17.2 Å². The number of cyclic esters (lactones) is 1. The lowest BCUT2D eigenvalue weighted by Gasteiger charge is -2.43. The Morgan fingerprint density at radius 2 is 1.48 bits per heavy atom. The molecule has 0 radical (unpaired) electrons. The normalized spacial score (nSPS) is 14.8. The van der Waals surface area contributed by atoms with Crippen molar-refractivity contribution < 1.29 is 28.7 Å². The first-order valence-electron chi connectivity index (χ1n) is 18.9. The molecule has 1 N–H and O–H groups in total. The summed E-state index contributed by atoms with van der Waals surface area (Å²) in [6, 6.07) is 42.3. The number of aryl methyl sites for hydroxylation is 2. The minimum atomic E-state index is -3.19. The number of unbranched alkanes of at least 4 members (excludes halogenated alkanes) is 1. The molecule has 5 aromatic carbocycles. The highest BCUT2D eigenvalue weighted by Gasteiger charge is 2.54. The van der Waals surface area contributed by atoms with Crippen LogP contribution in [0.4, 0.5) is 5.69 Å². The second-order valence-electron chi connectivity index (χ2n) is 15.1. The molecule has 288 valence electrons. The molecule has 1 unspecified atom stereocenters. The standard InChI is InChI=1S/C46H48N2O7Si/c1-33-16-15-17-35(30-33)31-47-40(24-13-11-18-36-19-12-14-25-41(36)53-32-34-26-28-37(29-27-34)48(51)52)42-43(49)45(54-44(42)50)55-56(46(2,3)4,38-20-7-5-8-21-38)39-22-9-6-10-23-39/h5-10,12,14-17,19-23,25-30,45,49H,11,13,18,24,31-32H2,1-4H3. The largest absolute Gasteiger partial charge is 0.505 e. The van der Waals surface area contributed by atoms with Gasteiger partial charge in [0.2, 0.25) is 0 Å². The highest BCUT2D eigenvalue weighted by Crippen LogP contribution is 2.40. The maximum atomic E-state index is 13.8. The molecule has 0 amide bonds. The predicted molar refractivity (Wildman–Crippen MR) is 222 cm³/mol. The van der Waals surface area contributed by atoms with E-state index in [0.717, 1.165) is 44.8 Å². The first-order chi connectivity index (χ1) is 27.0. The highest BCUT2D eigenvalue weighted by atomic mass is 28.4. The van der Waals surface area contributed by atoms with E-state index in [9.17, 15) is 20.0 Å². The molecule has 6 rings (SSSR count). The van der Waals surface area contributed by atoms with Crippen LogP contribution in [0, 0.1) is 17.0 Å². The van der Waals surface area contributed by atoms with Crippen LogP contribution in [-0.2, 0) is 33.5 Å². The lowest BCUT2D eigenvalue weighted by Crippen LogP contribution is -2.67. The fraction of sp³-hybridized carbons (Fsp3) is 0.261. The first-order valence-corrected chi connectivity index (χ1v) is 20.8. The first kappa shape index (κ1) is 39.8. The number of esters is 1. The zero-order valence-corrected chi connectivity index (χ0v) is 33.3. The number of hydrogen-bond donors (Lipinski definition) is 1. The van der Waals surface area contributed by atoms with Crippen LogP contribution in [0.1, 0.15) is 62.3 Å². The van der Waals surface area contributed by atoms with Crippen molar-refractivity contribution in [3.05, 3.63) is 177 Å². The van der Waals surface area contributed by atoms with Crippen LogP contribution in [0.2, 0.25) is 5.04 Å². The number of nitrogens with zero attached hydrogens (tertiary/aromatic N) is 2. The number of aliphatic imine (C=N–C) groups is 1. The molecule has 1 atom stereocenters. The van der Waals surface area contributed by atoms with Crippen LogP contribution in [0.25, 0.3) is 0 Å². The van der Waals surface area contributed by atoms with Crippen LogP contribution in [-0.4, -0.2) is 36.3 Å². The number of nitro groups is 1. The third-order valence-electron chi connectivity index (χ3n) is 10.0. The van der Waals surface area contributed by atoms with Gasteiger partial charge < -0.3 is 19.0 Å². The maximum Gasteiger partial charge on any atom is 0.346 e. The Morgan fingerprint density at radius 1 is 0.839 bits per heavy atom. The SMILES string of the molecule is Cc1cccc(CN=C(CCCCc2ccccc2OCc2ccc([N+](=O)[O-])cc2)C2=C(O)C(O[Si](c3ccccc3)(c3ccccc3)C(C)(C)C)OC2=O)c1. The molecule has 0 saturated carbocycles. The second-order valence-corrected chi connectivity index (χ2v) is 19.3. The zero-order valence-electron chi connectivity index (χ0n) is 32.3. The van der Waals surface area contributed by atoms with Crippen molar-refractivity contribution in [3.63, 3.8) is 0 Å². The Morgan fingerprint density at radius 3 is 2.11 bits per heavy atom. The monoisotopic (exact) mass is 768 g/mol. The van der Waals surface area contributed by atoms with Crippen LogP contribution in [0.5, 0.6) is 5.75 Å². The van der Waals surface area contributed by atoms with E-state index >= 15 is 0 Å². The molecule has 0 aromatic heterocycles. The number of hydrogen-bond acceptors (Lipinski definition) is 8. The Balaban J connectivity index is 1.24. The van der Waals surface area contributed by atoms with E-state index in [0.29, 0.717) is 31.5 Å². The number of non-ortho nitro benzene ring substituents is 1. The fourth-order valence-electron chi connectivity index (χ4n) is 7.25. The average molecular weight is 769 g/mol. The Hall–Kier alpha value is -5.84. The summed E-state index contributed by atoms with van der Waals surface area (Å²) < 4.78 is 19.1. The van der Waals surface area contributed by atoms with Gasteiger partial charge in [-0.3, -0.25) is 15.1 Å². The number of aliphatic hydroxyl groups excluding tert-OH is 1. The summed E-state index contributed by atoms with van der Waals surface area (Å²) in [4.78, 5) is 29.4. The molecule has 0 bridgehead atoms. The van der Waals surface area contributed by atoms with Gasteiger partial charge in [0.15, 0.2) is 5.76 Å². The number of ether oxygens (including phenoxy) is 2. The summed E-state index contributed by atoms with van der Waals surface area (Å²) in [5, 5.41) is 24.6. The maximum absolute atomic E-state index is 13.8. The minimum absolute atomic E-state index is 0.0353. The van der Waals surface area contributed by atoms with Gasteiger partial charge in [-0.05, 0) is 82.9 Å². The molecule has 0 saturated heterocycles. The molecular weight excluding hydrogens is 721 g/mol. The van der Waals surface area contributed by atoms with Gasteiger partial charge in [-0.15, -0.1) is 0 Å². The molecule has 1 aliphatic rings. The van der Waals surface area contributed by atoms with Gasteiger partial charge in [-0.1, -0.05) is 129 Å². The van der Waals surface area contributed by atoms with Gasteiger partial charge in [0.1, 0.15) is 17.9 Å². The summed E-state index contributed by atoms with van der Waals surface area (Å²) in [6.45, 7) is 9.02. The molecular formula is C46H48N2O7Si. The molecule has 1 heterocycles. The van der Waals surface area contributed by atoms with Gasteiger partial charge >= 0.3 is 5.97 Å². The predicted octanol–water partition coefficient (Wildman–Crippen LogP) is 9.11. The third kappa shape index (κ3) is 9.15. The van der Waals surface area contributed by atoms with Gasteiger partial charge in [-0.25, -0.2) is 4.79 Å². The van der Waals surface area contributed by atoms with E-state index in [1.807, 2.05) is 85.8 Å². The van der Waals surface area contributed by atoms with E-state index in [1.54, 1.807) is 12.1 Å². The zero-order chi connectivity index (χ0) is 39.7. The lowest BCUT2D eigenvalue weighted by molar-refractivity contribution is -0.384. The second kappa shape index (κ2) is 17.7. The number of rotatable bonds is 16. The van der Waals surface area contributed by atoms with Gasteiger partial charge in [0.25, 0.3) is 20.3 Å². The molecule has 1 aliphatic heterocycles. The van der Waals surface area contributed by atoms with Crippen molar-refractivity contribution in [2.75, 3.05) is 0 Å². The molecule has 9 nitrogen and oxygen atoms in total. The molecule has 0 aliphatic carbocycles. The van der Waals surface area contributed by atoms with Crippen molar-refractivity contribution >= 4 is 36.1 Å². The number of carbonyl (C=O) groups excluding carboxylic acids is 1. The Labute approximate surface area is 329 Å². The molecule has 56 heavy (non-hydrogen) atoms. The topological polar surface area (TPSA) is 120 Å². The number of nitro benzene ring substituents is 1. The highest BCUT2D eigenvalue weighted by molar-refractivity contribution is 6.99. The van der Waals surface area contributed by atoms with E-state index < -0.39 is 30.5 Å². The summed E-state index contributed by atoms with van der Waals surface area (Å²) in [5.74, 6) is -0.170. The summed E-state index contributed by atoms with van der Waals surface area (Å²) in [7, 11) is -3.19. The van der Waals surface area contributed by atoms with Crippen molar-refractivity contribution in [1.29, 1.82) is 0 Å². The fourth-order valence-corrected chi connectivity index (χ4v) is 11.7. The number of aliphatic hydroxyl groups is 1. The van der Waals surface area contributed by atoms with E-state index in [2.05, 4.69) is 51.1 Å². The average Bonchev–Trinajstić information content (AvgIpc) is 3.47. The number of carbonyl (C=O) groups is 1. The van der Waals surface area contributed by atoms with E-state index in [4.69, 9.17) is 18.9 Å². The van der Waals surface area contributed by atoms with Crippen LogP contribution in [0.3, 0.4) is 0 Å². The van der Waals surface area contributed by atoms with E-state index in [1.165, 1.54) is 12.1 Å². The quantitative estimate of drug-likeness (QED) is 0.0266. The van der Waals surface area contributed by atoms with Crippen molar-refractivity contribution in [3.8, 4) is 5.75 Å². The van der Waals surface area contributed by atoms with Crippen molar-refractivity contribution in [2.45, 2.75) is 77.9 Å². The molecule has 5 aromatic rings. The summed E-state index contributed by atoms with van der Waals surface area (Å²) >= 11 is 0. The molecule has 10 heteroatoms. The van der Waals surface area contributed by atoms with Gasteiger partial charge in [-0.2, -0.15) is 0 Å². The Bertz CT molecular complexity index is 2160. The smallest absolute Gasteiger partial charge is 0.346 e. The Kier molecular flexibility index (Phi) is 12.6. The number of para-hydroxylation sites is 1. The van der Waals surface area contributed by atoms with Crippen LogP contribution in [0.15, 0.2) is 150 Å². The van der Waals surface area contributed by atoms with Gasteiger partial charge in [0, 0.05) is 12.1 Å². The third-order valence-corrected chi connectivity index (χ3v) is 15.0. The number of benzene rings is 5. The lowest BCUT2D eigenvalue weighted by atomic mass is 10.0. The minimum Gasteiger partial charge on any atom is -0.505 e.